The molecule has 1 aromatic heterocycles. The van der Waals surface area contributed by atoms with E-state index in [4.69, 9.17) is 4.74 Å². The number of nitrogens with one attached hydrogen (secondary N) is 1. The van der Waals surface area contributed by atoms with Crippen molar-refractivity contribution in [2.75, 3.05) is 14.2 Å². The van der Waals surface area contributed by atoms with Crippen molar-refractivity contribution in [1.29, 1.82) is 0 Å². The Labute approximate surface area is 111 Å². The molecule has 0 saturated carbocycles. The second-order valence-corrected chi connectivity index (χ2v) is 5.41. The fraction of sp³-hybridized carbons (Fsp3) is 0.357. The third-order valence-corrected chi connectivity index (χ3v) is 4.71. The van der Waals surface area contributed by atoms with Crippen LogP contribution in [0.3, 0.4) is 0 Å². The summed E-state index contributed by atoms with van der Waals surface area (Å²) in [5.41, 5.74) is 2.55. The van der Waals surface area contributed by atoms with Crippen LogP contribution in [-0.4, -0.2) is 19.1 Å². The molecule has 1 heterocycles. The molecule has 0 radical (unpaired) electrons. The highest BCUT2D eigenvalue weighted by molar-refractivity contribution is 7.09. The molecule has 94 valence electrons. The highest BCUT2D eigenvalue weighted by atomic mass is 32.1. The summed E-state index contributed by atoms with van der Waals surface area (Å²) in [7, 11) is 3.72. The molecular formula is C14H16N2OS. The minimum atomic E-state index is -0.141. The lowest BCUT2D eigenvalue weighted by molar-refractivity contribution is 0.407. The average molecular weight is 260 g/mol. The molecule has 0 saturated heterocycles. The van der Waals surface area contributed by atoms with Gasteiger partial charge in [0.25, 0.3) is 0 Å². The predicted octanol–water partition coefficient (Wildman–Crippen LogP) is 2.56. The van der Waals surface area contributed by atoms with Crippen molar-refractivity contribution in [2.45, 2.75) is 18.4 Å². The molecule has 1 atom stereocenters. The molecule has 1 aliphatic rings. The number of fused-ring (bicyclic) bond motifs is 1. The first-order valence-electron chi connectivity index (χ1n) is 6.06. The van der Waals surface area contributed by atoms with Gasteiger partial charge < -0.3 is 10.1 Å². The van der Waals surface area contributed by atoms with Crippen LogP contribution < -0.4 is 10.1 Å². The lowest BCUT2D eigenvalue weighted by atomic mass is 9.92. The van der Waals surface area contributed by atoms with Crippen LogP contribution >= 0.6 is 11.3 Å². The van der Waals surface area contributed by atoms with Crippen LogP contribution in [0.4, 0.5) is 0 Å². The van der Waals surface area contributed by atoms with E-state index in [1.165, 1.54) is 11.1 Å². The largest absolute Gasteiger partial charge is 0.497 e. The molecule has 18 heavy (non-hydrogen) atoms. The van der Waals surface area contributed by atoms with E-state index >= 15 is 0 Å². The Morgan fingerprint density at radius 3 is 3.00 bits per heavy atom. The summed E-state index contributed by atoms with van der Waals surface area (Å²) in [4.78, 5) is 4.51. The van der Waals surface area contributed by atoms with Gasteiger partial charge in [-0.1, -0.05) is 6.07 Å². The van der Waals surface area contributed by atoms with Gasteiger partial charge in [0.05, 0.1) is 12.6 Å². The molecule has 0 bridgehead atoms. The van der Waals surface area contributed by atoms with Gasteiger partial charge in [-0.05, 0) is 43.1 Å². The molecule has 0 spiro atoms. The second-order valence-electron chi connectivity index (χ2n) is 4.52. The van der Waals surface area contributed by atoms with Crippen molar-refractivity contribution in [3.05, 3.63) is 45.9 Å². The first-order chi connectivity index (χ1) is 8.80. The fourth-order valence-electron chi connectivity index (χ4n) is 2.78. The Hall–Kier alpha value is -1.39. The molecule has 0 aliphatic heterocycles. The summed E-state index contributed by atoms with van der Waals surface area (Å²) < 4.78 is 5.35. The smallest absolute Gasteiger partial charge is 0.119 e. The van der Waals surface area contributed by atoms with Crippen LogP contribution in [0.25, 0.3) is 0 Å². The van der Waals surface area contributed by atoms with Crippen molar-refractivity contribution < 1.29 is 4.74 Å². The highest BCUT2D eigenvalue weighted by Gasteiger charge is 2.41. The molecule has 1 N–H and O–H groups in total. The number of thiazole rings is 1. The molecule has 1 unspecified atom stereocenters. The Bertz CT molecular complexity index is 553. The number of methoxy groups -OCH3 is 1. The molecule has 3 nitrogen and oxygen atoms in total. The lowest BCUT2D eigenvalue weighted by Gasteiger charge is -2.28. The number of aryl methyl sites for hydroxylation is 1. The number of rotatable bonds is 3. The van der Waals surface area contributed by atoms with Gasteiger partial charge in [-0.25, -0.2) is 4.98 Å². The maximum Gasteiger partial charge on any atom is 0.119 e. The Balaban J connectivity index is 2.16. The first-order valence-corrected chi connectivity index (χ1v) is 6.94. The zero-order valence-corrected chi connectivity index (χ0v) is 11.4. The Morgan fingerprint density at radius 2 is 2.33 bits per heavy atom. The normalized spacial score (nSPS) is 21.9. The van der Waals surface area contributed by atoms with E-state index in [9.17, 15) is 0 Å². The molecular weight excluding hydrogens is 244 g/mol. The Morgan fingerprint density at radius 1 is 1.44 bits per heavy atom. The molecule has 0 amide bonds. The third-order valence-electron chi connectivity index (χ3n) is 3.77. The van der Waals surface area contributed by atoms with Gasteiger partial charge in [0.1, 0.15) is 10.8 Å². The van der Waals surface area contributed by atoms with Crippen LogP contribution in [0.1, 0.15) is 22.6 Å². The van der Waals surface area contributed by atoms with Crippen molar-refractivity contribution in [3.8, 4) is 5.75 Å². The zero-order valence-electron chi connectivity index (χ0n) is 10.6. The van der Waals surface area contributed by atoms with Gasteiger partial charge >= 0.3 is 0 Å². The fourth-order valence-corrected chi connectivity index (χ4v) is 3.67. The second kappa shape index (κ2) is 4.37. The van der Waals surface area contributed by atoms with Crippen molar-refractivity contribution in [2.24, 2.45) is 0 Å². The predicted molar refractivity (Wildman–Crippen MR) is 73.3 cm³/mol. The van der Waals surface area contributed by atoms with E-state index in [2.05, 4.69) is 22.4 Å². The van der Waals surface area contributed by atoms with Crippen molar-refractivity contribution in [1.82, 2.24) is 10.3 Å². The number of benzene rings is 1. The summed E-state index contributed by atoms with van der Waals surface area (Å²) in [6, 6.07) is 6.34. The summed E-state index contributed by atoms with van der Waals surface area (Å²) >= 11 is 1.71. The number of nitrogens with zero attached hydrogens (tertiary/aromatic N) is 1. The van der Waals surface area contributed by atoms with Crippen LogP contribution in [-0.2, 0) is 12.0 Å². The topological polar surface area (TPSA) is 34.2 Å². The maximum atomic E-state index is 5.35. The van der Waals surface area contributed by atoms with E-state index in [1.807, 2.05) is 24.7 Å². The average Bonchev–Trinajstić information content (AvgIpc) is 3.05. The van der Waals surface area contributed by atoms with E-state index in [0.717, 1.165) is 23.6 Å². The quantitative estimate of drug-likeness (QED) is 0.921. The summed E-state index contributed by atoms with van der Waals surface area (Å²) in [5.74, 6) is 0.909. The van der Waals surface area contributed by atoms with Crippen LogP contribution in [0, 0.1) is 0 Å². The van der Waals surface area contributed by atoms with Gasteiger partial charge in [-0.2, -0.15) is 0 Å². The standard InChI is InChI=1S/C14H16N2OS/c1-15-14(13-16-7-8-18-13)6-5-10-3-4-11(17-2)9-12(10)14/h3-4,7-9,15H,5-6H2,1-2H3. The summed E-state index contributed by atoms with van der Waals surface area (Å²) in [6.07, 6.45) is 4.01. The summed E-state index contributed by atoms with van der Waals surface area (Å²) in [5, 5.41) is 6.65. The van der Waals surface area contributed by atoms with E-state index in [-0.39, 0.29) is 5.54 Å². The van der Waals surface area contributed by atoms with E-state index in [1.54, 1.807) is 18.4 Å². The third kappa shape index (κ3) is 1.56. The van der Waals surface area contributed by atoms with Gasteiger partial charge in [-0.3, -0.25) is 0 Å². The number of aromatic nitrogens is 1. The zero-order chi connectivity index (χ0) is 12.6. The van der Waals surface area contributed by atoms with Gasteiger partial charge in [-0.15, -0.1) is 11.3 Å². The van der Waals surface area contributed by atoms with Gasteiger partial charge in [0.2, 0.25) is 0 Å². The minimum Gasteiger partial charge on any atom is -0.497 e. The Kier molecular flexibility index (Phi) is 2.84. The number of hydrogen-bond acceptors (Lipinski definition) is 4. The van der Waals surface area contributed by atoms with Crippen LogP contribution in [0.2, 0.25) is 0 Å². The van der Waals surface area contributed by atoms with Crippen molar-refractivity contribution >= 4 is 11.3 Å². The molecule has 2 aromatic rings. The monoisotopic (exact) mass is 260 g/mol. The van der Waals surface area contributed by atoms with Crippen LogP contribution in [0.15, 0.2) is 29.8 Å². The van der Waals surface area contributed by atoms with E-state index in [0.29, 0.717) is 0 Å². The first kappa shape index (κ1) is 11.7. The number of ether oxygens (including phenoxy) is 1. The number of hydrogen-bond donors (Lipinski definition) is 1. The maximum absolute atomic E-state index is 5.35. The molecule has 1 aliphatic carbocycles. The minimum absolute atomic E-state index is 0.141. The molecule has 1 aromatic carbocycles. The molecule has 4 heteroatoms. The SMILES string of the molecule is CNC1(c2nccs2)CCc2ccc(OC)cc21. The highest BCUT2D eigenvalue weighted by Crippen LogP contribution is 2.43. The van der Waals surface area contributed by atoms with Gasteiger partial charge in [0, 0.05) is 11.6 Å². The van der Waals surface area contributed by atoms with Crippen LogP contribution in [0.5, 0.6) is 5.75 Å². The summed E-state index contributed by atoms with van der Waals surface area (Å²) in [6.45, 7) is 0. The molecule has 3 rings (SSSR count). The van der Waals surface area contributed by atoms with Crippen molar-refractivity contribution in [3.63, 3.8) is 0 Å². The molecule has 0 fully saturated rings. The van der Waals surface area contributed by atoms with Gasteiger partial charge in [0.15, 0.2) is 0 Å². The van der Waals surface area contributed by atoms with E-state index < -0.39 is 0 Å². The lowest BCUT2D eigenvalue weighted by Crippen LogP contribution is -2.38.